The highest BCUT2D eigenvalue weighted by Crippen LogP contribution is 2.34. The van der Waals surface area contributed by atoms with Gasteiger partial charge in [0, 0.05) is 19.3 Å². The van der Waals surface area contributed by atoms with E-state index in [4.69, 9.17) is 11.6 Å². The monoisotopic (exact) mass is 520 g/mol. The van der Waals surface area contributed by atoms with Crippen molar-refractivity contribution in [3.63, 3.8) is 0 Å². The van der Waals surface area contributed by atoms with E-state index in [9.17, 15) is 37.7 Å². The molecule has 3 heterocycles. The predicted octanol–water partition coefficient (Wildman–Crippen LogP) is 2.97. The van der Waals surface area contributed by atoms with E-state index >= 15 is 0 Å². The molecule has 0 amide bonds. The number of ether oxygens (including phenoxy) is 1. The van der Waals surface area contributed by atoms with Gasteiger partial charge in [-0.3, -0.25) is 19.1 Å². The molecule has 1 aromatic carbocycles. The lowest BCUT2D eigenvalue weighted by Crippen LogP contribution is -2.56. The van der Waals surface area contributed by atoms with Crippen molar-refractivity contribution in [1.82, 2.24) is 14.1 Å². The number of aromatic nitrogens is 3. The number of halogens is 5. The van der Waals surface area contributed by atoms with Crippen molar-refractivity contribution >= 4 is 17.4 Å². The van der Waals surface area contributed by atoms with Crippen LogP contribution in [0.4, 0.5) is 23.4 Å². The Bertz CT molecular complexity index is 1550. The Kier molecular flexibility index (Phi) is 6.54. The van der Waals surface area contributed by atoms with E-state index in [2.05, 4.69) is 9.72 Å². The molecule has 9 nitrogen and oxygen atoms in total. The highest BCUT2D eigenvalue weighted by Gasteiger charge is 2.41. The molecule has 0 bridgehead atoms. The zero-order valence-electron chi connectivity index (χ0n) is 18.0. The second-order valence-corrected chi connectivity index (χ2v) is 8.04. The maximum Gasteiger partial charge on any atom is 0.522 e. The molecule has 0 unspecified atom stereocenters. The summed E-state index contributed by atoms with van der Waals surface area (Å²) in [5, 5.41) is 18.2. The van der Waals surface area contributed by atoms with Crippen molar-refractivity contribution in [3.8, 4) is 29.0 Å². The summed E-state index contributed by atoms with van der Waals surface area (Å²) in [6.07, 6.45) is -3.81. The first-order valence-electron chi connectivity index (χ1n) is 10.1. The largest absolute Gasteiger partial charge is 0.522 e. The van der Waals surface area contributed by atoms with Crippen LogP contribution in [-0.4, -0.2) is 39.7 Å². The third-order valence-corrected chi connectivity index (χ3v) is 5.60. The van der Waals surface area contributed by atoms with E-state index in [-0.39, 0.29) is 46.3 Å². The molecule has 3 aromatic rings. The average molecular weight is 521 g/mol. The Morgan fingerprint density at radius 2 is 1.89 bits per heavy atom. The Labute approximate surface area is 204 Å². The number of benzene rings is 1. The molecule has 0 radical (unpaired) electrons. The minimum Gasteiger partial charge on any atom is -0.352 e. The van der Waals surface area contributed by atoms with E-state index in [0.717, 1.165) is 22.9 Å². The maximum atomic E-state index is 13.9. The molecule has 0 N–H and O–H groups in total. The second kappa shape index (κ2) is 9.45. The van der Waals surface area contributed by atoms with Gasteiger partial charge in [0.1, 0.15) is 30.4 Å². The molecule has 0 saturated carbocycles. The lowest BCUT2D eigenvalue weighted by atomic mass is 10.0. The summed E-state index contributed by atoms with van der Waals surface area (Å²) in [5.74, 6) is -0.946. The molecule has 1 aliphatic rings. The molecular weight excluding hydrogens is 508 g/mol. The SMILES string of the molecule is N#CCn1c(N2CC(OC(F)(F)F)C2)c(-c2ccc(F)c(Cl)c2)c(=O)n(-c2cncc(C#N)c2)c1=O. The number of hydrogen-bond acceptors (Lipinski definition) is 7. The van der Waals surface area contributed by atoms with E-state index in [1.807, 2.05) is 6.07 Å². The van der Waals surface area contributed by atoms with Gasteiger partial charge in [-0.25, -0.2) is 13.8 Å². The quantitative estimate of drug-likeness (QED) is 0.475. The number of rotatable bonds is 5. The third kappa shape index (κ3) is 4.66. The maximum absolute atomic E-state index is 13.9. The number of nitriles is 2. The van der Waals surface area contributed by atoms with Gasteiger partial charge >= 0.3 is 12.1 Å². The van der Waals surface area contributed by atoms with Gasteiger partial charge in [-0.05, 0) is 23.8 Å². The third-order valence-electron chi connectivity index (χ3n) is 5.31. The van der Waals surface area contributed by atoms with Crippen LogP contribution in [0.25, 0.3) is 16.8 Å². The molecule has 4 rings (SSSR count). The van der Waals surface area contributed by atoms with Gasteiger partial charge in [0.15, 0.2) is 0 Å². The van der Waals surface area contributed by atoms with E-state index < -0.39 is 36.1 Å². The fourth-order valence-electron chi connectivity index (χ4n) is 3.80. The van der Waals surface area contributed by atoms with Crippen molar-refractivity contribution in [2.45, 2.75) is 19.0 Å². The fourth-order valence-corrected chi connectivity index (χ4v) is 3.98. The second-order valence-electron chi connectivity index (χ2n) is 7.63. The highest BCUT2D eigenvalue weighted by atomic mass is 35.5. The van der Waals surface area contributed by atoms with Crippen molar-refractivity contribution in [3.05, 3.63) is 73.9 Å². The van der Waals surface area contributed by atoms with Gasteiger partial charge in [-0.15, -0.1) is 13.2 Å². The standard InChI is InChI=1S/C22H13ClF4N6O3/c23-16-6-13(1-2-17(16)24)18-19(31-10-15(11-31)36-22(25,26)27)32(4-3-28)21(35)33(20(18)34)14-5-12(7-29)8-30-9-14/h1-2,5-6,8-9,15H,4,10-11H2. The topological polar surface area (TPSA) is 117 Å². The molecular formula is C22H13ClF4N6O3. The molecule has 184 valence electrons. The summed E-state index contributed by atoms with van der Waals surface area (Å²) in [6.45, 7) is -1.27. The molecule has 0 aliphatic carbocycles. The van der Waals surface area contributed by atoms with Crippen LogP contribution in [0.1, 0.15) is 5.56 Å². The van der Waals surface area contributed by atoms with E-state index in [1.165, 1.54) is 23.2 Å². The molecule has 14 heteroatoms. The van der Waals surface area contributed by atoms with Crippen LogP contribution in [0.3, 0.4) is 0 Å². The molecule has 2 aromatic heterocycles. The Morgan fingerprint density at radius 3 is 2.50 bits per heavy atom. The number of nitrogens with zero attached hydrogens (tertiary/aromatic N) is 6. The van der Waals surface area contributed by atoms with Crippen LogP contribution in [0.5, 0.6) is 0 Å². The minimum atomic E-state index is -4.89. The lowest BCUT2D eigenvalue weighted by Gasteiger charge is -2.42. The molecule has 1 saturated heterocycles. The number of hydrogen-bond donors (Lipinski definition) is 0. The normalized spacial score (nSPS) is 13.7. The summed E-state index contributed by atoms with van der Waals surface area (Å²) < 4.78 is 57.4. The van der Waals surface area contributed by atoms with Gasteiger partial charge in [0.05, 0.1) is 34.1 Å². The van der Waals surface area contributed by atoms with E-state index in [0.29, 0.717) is 4.57 Å². The van der Waals surface area contributed by atoms with Crippen LogP contribution < -0.4 is 16.1 Å². The first kappa shape index (κ1) is 24.9. The van der Waals surface area contributed by atoms with Crippen molar-refractivity contribution in [2.24, 2.45) is 0 Å². The first-order chi connectivity index (χ1) is 17.0. The van der Waals surface area contributed by atoms with Crippen molar-refractivity contribution in [1.29, 1.82) is 10.5 Å². The molecule has 36 heavy (non-hydrogen) atoms. The van der Waals surface area contributed by atoms with Crippen molar-refractivity contribution in [2.75, 3.05) is 18.0 Å². The van der Waals surface area contributed by atoms with Crippen LogP contribution >= 0.6 is 11.6 Å². The number of pyridine rings is 1. The number of alkyl halides is 3. The minimum absolute atomic E-state index is 0.0379. The van der Waals surface area contributed by atoms with Gasteiger partial charge in [-0.1, -0.05) is 17.7 Å². The Hall–Kier alpha value is -4.20. The van der Waals surface area contributed by atoms with Gasteiger partial charge in [0.25, 0.3) is 5.56 Å². The average Bonchev–Trinajstić information content (AvgIpc) is 2.79. The van der Waals surface area contributed by atoms with Crippen LogP contribution in [-0.2, 0) is 11.3 Å². The first-order valence-corrected chi connectivity index (χ1v) is 10.5. The molecule has 1 fully saturated rings. The van der Waals surface area contributed by atoms with E-state index in [1.54, 1.807) is 6.07 Å². The number of anilines is 1. The van der Waals surface area contributed by atoms with Gasteiger partial charge in [-0.2, -0.15) is 10.5 Å². The van der Waals surface area contributed by atoms with Gasteiger partial charge < -0.3 is 4.90 Å². The fraction of sp³-hybridized carbons (Fsp3) is 0.227. The molecule has 0 spiro atoms. The summed E-state index contributed by atoms with van der Waals surface area (Å²) in [7, 11) is 0. The summed E-state index contributed by atoms with van der Waals surface area (Å²) in [5.41, 5.74) is -2.16. The highest BCUT2D eigenvalue weighted by molar-refractivity contribution is 6.31. The lowest BCUT2D eigenvalue weighted by molar-refractivity contribution is -0.344. The zero-order chi connectivity index (χ0) is 26.2. The van der Waals surface area contributed by atoms with Crippen LogP contribution in [0, 0.1) is 28.5 Å². The zero-order valence-corrected chi connectivity index (χ0v) is 18.7. The summed E-state index contributed by atoms with van der Waals surface area (Å²) in [4.78, 5) is 32.2. The predicted molar refractivity (Wildman–Crippen MR) is 118 cm³/mol. The summed E-state index contributed by atoms with van der Waals surface area (Å²) in [6, 6.07) is 8.17. The Balaban J connectivity index is 2.00. The van der Waals surface area contributed by atoms with Crippen LogP contribution in [0.15, 0.2) is 46.2 Å². The molecule has 0 atom stereocenters. The van der Waals surface area contributed by atoms with Crippen molar-refractivity contribution < 1.29 is 22.3 Å². The molecule has 1 aliphatic heterocycles. The van der Waals surface area contributed by atoms with Crippen LogP contribution in [0.2, 0.25) is 5.02 Å². The smallest absolute Gasteiger partial charge is 0.352 e. The van der Waals surface area contributed by atoms with Gasteiger partial charge in [0.2, 0.25) is 0 Å². The summed E-state index contributed by atoms with van der Waals surface area (Å²) >= 11 is 5.91. The Morgan fingerprint density at radius 1 is 1.17 bits per heavy atom.